The second-order valence-corrected chi connectivity index (χ2v) is 6.19. The molecule has 1 heterocycles. The maximum absolute atomic E-state index is 11.4. The molecule has 3 aromatic rings. The van der Waals surface area contributed by atoms with Crippen molar-refractivity contribution in [1.29, 1.82) is 0 Å². The van der Waals surface area contributed by atoms with E-state index in [1.807, 2.05) is 48.6 Å². The molecule has 26 heavy (non-hydrogen) atoms. The van der Waals surface area contributed by atoms with Crippen LogP contribution in [0.15, 0.2) is 59.8 Å². The van der Waals surface area contributed by atoms with Crippen LogP contribution in [0.2, 0.25) is 0 Å². The molecule has 0 saturated carbocycles. The summed E-state index contributed by atoms with van der Waals surface area (Å²) in [7, 11) is 0. The van der Waals surface area contributed by atoms with Crippen LogP contribution in [0.5, 0.6) is 0 Å². The van der Waals surface area contributed by atoms with Gasteiger partial charge < -0.3 is 5.11 Å². The topological polar surface area (TPSA) is 68.0 Å². The highest BCUT2D eigenvalue weighted by molar-refractivity contribution is 7.80. The van der Waals surface area contributed by atoms with E-state index in [0.717, 1.165) is 23.4 Å². The molecule has 0 saturated heterocycles. The smallest absolute Gasteiger partial charge is 0.336 e. The zero-order chi connectivity index (χ0) is 18.5. The third-order valence-electron chi connectivity index (χ3n) is 3.95. The molecular weight excluding hydrogens is 346 g/mol. The lowest BCUT2D eigenvalue weighted by Gasteiger charge is -2.08. The Hall–Kier alpha value is -2.86. The van der Waals surface area contributed by atoms with Crippen LogP contribution < -0.4 is 0 Å². The van der Waals surface area contributed by atoms with Gasteiger partial charge in [-0.25, -0.2) is 14.5 Å². The Balaban J connectivity index is 1.86. The standard InChI is InChI=1S/C20H19N3O2S/c1-2-3-8-18-21-20(26)22-23(18)13-14-9-11-15(12-10-14)16-6-4-5-7-17(16)19(24)25/h3-12H,2,13H2,1H3,(H,22,26)(H,24,25)/b8-3+. The van der Waals surface area contributed by atoms with Crippen molar-refractivity contribution in [1.82, 2.24) is 14.8 Å². The number of nitrogens with zero attached hydrogens (tertiary/aromatic N) is 3. The van der Waals surface area contributed by atoms with E-state index < -0.39 is 5.97 Å². The molecular formula is C20H19N3O2S. The summed E-state index contributed by atoms with van der Waals surface area (Å²) in [4.78, 5) is 15.7. The Bertz CT molecular complexity index is 946. The molecule has 0 aliphatic rings. The third-order valence-corrected chi connectivity index (χ3v) is 4.14. The number of aromatic nitrogens is 3. The van der Waals surface area contributed by atoms with Crippen LogP contribution in [0.4, 0.5) is 0 Å². The van der Waals surface area contributed by atoms with Gasteiger partial charge in [-0.3, -0.25) is 0 Å². The van der Waals surface area contributed by atoms with Gasteiger partial charge in [0.1, 0.15) is 0 Å². The predicted molar refractivity (Wildman–Crippen MR) is 105 cm³/mol. The minimum Gasteiger partial charge on any atom is -0.478 e. The zero-order valence-electron chi connectivity index (χ0n) is 14.3. The van der Waals surface area contributed by atoms with E-state index in [9.17, 15) is 9.90 Å². The Morgan fingerprint density at radius 3 is 2.62 bits per heavy atom. The van der Waals surface area contributed by atoms with E-state index in [1.165, 1.54) is 0 Å². The summed E-state index contributed by atoms with van der Waals surface area (Å²) < 4.78 is 1.80. The second kappa shape index (κ2) is 8.01. The Morgan fingerprint density at radius 1 is 1.19 bits per heavy atom. The first-order valence-electron chi connectivity index (χ1n) is 8.30. The van der Waals surface area contributed by atoms with E-state index >= 15 is 0 Å². The molecule has 0 aliphatic heterocycles. The number of carboxylic acids is 1. The van der Waals surface area contributed by atoms with Crippen molar-refractivity contribution in [3.63, 3.8) is 0 Å². The number of hydrogen-bond donors (Lipinski definition) is 2. The lowest BCUT2D eigenvalue weighted by atomic mass is 9.99. The van der Waals surface area contributed by atoms with Gasteiger partial charge in [0.25, 0.3) is 0 Å². The molecule has 0 bridgehead atoms. The zero-order valence-corrected chi connectivity index (χ0v) is 15.2. The van der Waals surface area contributed by atoms with Crippen molar-refractivity contribution >= 4 is 24.7 Å². The van der Waals surface area contributed by atoms with Crippen LogP contribution in [0.3, 0.4) is 0 Å². The van der Waals surface area contributed by atoms with Crippen LogP contribution >= 0.6 is 12.6 Å². The van der Waals surface area contributed by atoms with Gasteiger partial charge in [0.2, 0.25) is 5.16 Å². The molecule has 3 rings (SSSR count). The van der Waals surface area contributed by atoms with Crippen molar-refractivity contribution in [3.8, 4) is 11.1 Å². The average molecular weight is 365 g/mol. The average Bonchev–Trinajstić information content (AvgIpc) is 2.99. The summed E-state index contributed by atoms with van der Waals surface area (Å²) in [6.45, 7) is 2.63. The molecule has 0 fully saturated rings. The first kappa shape index (κ1) is 17.9. The molecule has 1 aromatic heterocycles. The number of allylic oxidation sites excluding steroid dienone is 1. The van der Waals surface area contributed by atoms with Crippen LogP contribution in [-0.2, 0) is 6.54 Å². The van der Waals surface area contributed by atoms with E-state index in [1.54, 1.807) is 16.8 Å². The number of carbonyl (C=O) groups is 1. The molecule has 0 radical (unpaired) electrons. The van der Waals surface area contributed by atoms with Gasteiger partial charge in [0.15, 0.2) is 5.82 Å². The van der Waals surface area contributed by atoms with Gasteiger partial charge >= 0.3 is 5.97 Å². The minimum absolute atomic E-state index is 0.295. The molecule has 0 aliphatic carbocycles. The van der Waals surface area contributed by atoms with Crippen molar-refractivity contribution in [3.05, 3.63) is 71.6 Å². The van der Waals surface area contributed by atoms with Gasteiger partial charge in [-0.05, 0) is 35.3 Å². The fourth-order valence-corrected chi connectivity index (χ4v) is 2.90. The van der Waals surface area contributed by atoms with E-state index in [4.69, 9.17) is 0 Å². The molecule has 0 atom stereocenters. The Kier molecular flexibility index (Phi) is 5.53. The van der Waals surface area contributed by atoms with E-state index in [2.05, 4.69) is 29.6 Å². The SMILES string of the molecule is CC/C=C/c1nc(S)nn1Cc1ccc(-c2ccccc2C(=O)O)cc1. The van der Waals surface area contributed by atoms with Crippen LogP contribution in [0.25, 0.3) is 17.2 Å². The van der Waals surface area contributed by atoms with Crippen molar-refractivity contribution in [2.45, 2.75) is 25.0 Å². The van der Waals surface area contributed by atoms with Gasteiger partial charge in [0, 0.05) is 0 Å². The fourth-order valence-electron chi connectivity index (χ4n) is 2.69. The summed E-state index contributed by atoms with van der Waals surface area (Å²) in [6.07, 6.45) is 4.89. The molecule has 5 nitrogen and oxygen atoms in total. The van der Waals surface area contributed by atoms with Crippen molar-refractivity contribution < 1.29 is 9.90 Å². The number of aromatic carboxylic acids is 1. The highest BCUT2D eigenvalue weighted by atomic mass is 32.1. The first-order valence-corrected chi connectivity index (χ1v) is 8.75. The number of hydrogen-bond acceptors (Lipinski definition) is 4. The fraction of sp³-hybridized carbons (Fsp3) is 0.150. The number of rotatable bonds is 6. The summed E-state index contributed by atoms with van der Waals surface area (Å²) in [5.41, 5.74) is 2.91. The van der Waals surface area contributed by atoms with Crippen LogP contribution in [-0.4, -0.2) is 25.8 Å². The van der Waals surface area contributed by atoms with Crippen LogP contribution in [0, 0.1) is 0 Å². The molecule has 6 heteroatoms. The largest absolute Gasteiger partial charge is 0.478 e. The molecule has 0 spiro atoms. The van der Waals surface area contributed by atoms with Crippen molar-refractivity contribution in [2.75, 3.05) is 0 Å². The normalized spacial score (nSPS) is 11.2. The summed E-state index contributed by atoms with van der Waals surface area (Å²) >= 11 is 4.23. The van der Waals surface area contributed by atoms with Gasteiger partial charge in [-0.15, -0.1) is 17.7 Å². The highest BCUT2D eigenvalue weighted by Gasteiger charge is 2.11. The lowest BCUT2D eigenvalue weighted by molar-refractivity contribution is 0.0697. The number of thiol groups is 1. The summed E-state index contributed by atoms with van der Waals surface area (Å²) in [5.74, 6) is -0.168. The van der Waals surface area contributed by atoms with Crippen LogP contribution in [0.1, 0.15) is 35.1 Å². The molecule has 0 amide bonds. The van der Waals surface area contributed by atoms with Crippen molar-refractivity contribution in [2.24, 2.45) is 0 Å². The van der Waals surface area contributed by atoms with Gasteiger partial charge in [-0.1, -0.05) is 55.5 Å². The highest BCUT2D eigenvalue weighted by Crippen LogP contribution is 2.24. The maximum Gasteiger partial charge on any atom is 0.336 e. The quantitative estimate of drug-likeness (QED) is 0.635. The maximum atomic E-state index is 11.4. The molecule has 1 N–H and O–H groups in total. The van der Waals surface area contributed by atoms with Gasteiger partial charge in [-0.2, -0.15) is 0 Å². The predicted octanol–water partition coefficient (Wildman–Crippen LogP) is 4.40. The molecule has 0 unspecified atom stereocenters. The number of carboxylic acid groups (broad SMARTS) is 1. The first-order chi connectivity index (χ1) is 12.6. The van der Waals surface area contributed by atoms with Gasteiger partial charge in [0.05, 0.1) is 12.1 Å². The minimum atomic E-state index is -0.930. The third kappa shape index (κ3) is 4.03. The second-order valence-electron chi connectivity index (χ2n) is 5.79. The summed E-state index contributed by atoms with van der Waals surface area (Å²) in [6, 6.07) is 14.8. The Morgan fingerprint density at radius 2 is 1.92 bits per heavy atom. The Labute approximate surface area is 157 Å². The molecule has 132 valence electrons. The van der Waals surface area contributed by atoms with E-state index in [-0.39, 0.29) is 0 Å². The monoisotopic (exact) mass is 365 g/mol. The van der Waals surface area contributed by atoms with E-state index in [0.29, 0.717) is 22.8 Å². The number of benzene rings is 2. The lowest BCUT2D eigenvalue weighted by Crippen LogP contribution is -2.04. The molecule has 2 aromatic carbocycles. The summed E-state index contributed by atoms with van der Waals surface area (Å²) in [5, 5.41) is 14.1.